The van der Waals surface area contributed by atoms with E-state index in [-0.39, 0.29) is 24.2 Å². The first-order valence-electron chi connectivity index (χ1n) is 13.6. The van der Waals surface area contributed by atoms with Crippen LogP contribution < -0.4 is 15.6 Å². The largest absolute Gasteiger partial charge is 0.362 e. The molecular weight excluding hydrogens is 519 g/mol. The van der Waals surface area contributed by atoms with Gasteiger partial charge in [0.2, 0.25) is 0 Å². The zero-order valence-corrected chi connectivity index (χ0v) is 26.8. The SMILES string of the molecule is CC(C)N(C(C)C)P(=S)(C(=[N+]=[N-])[Si](c1ccccc1)(c1ccccc1)c1ccccc1)N(C(C)C)C(C)C. The highest BCUT2D eigenvalue weighted by Gasteiger charge is 2.61. The fraction of sp³-hybridized carbons (Fsp3) is 0.387. The zero-order chi connectivity index (χ0) is 28.1. The smallest absolute Gasteiger partial charge is 0.307 e. The van der Waals surface area contributed by atoms with Crippen molar-refractivity contribution >= 4 is 46.9 Å². The van der Waals surface area contributed by atoms with E-state index in [0.29, 0.717) is 0 Å². The lowest BCUT2D eigenvalue weighted by Gasteiger charge is -2.50. The lowest BCUT2D eigenvalue weighted by atomic mass is 10.3. The second-order valence-electron chi connectivity index (χ2n) is 11.0. The highest BCUT2D eigenvalue weighted by Crippen LogP contribution is 2.60. The van der Waals surface area contributed by atoms with E-state index in [4.69, 9.17) is 11.8 Å². The number of benzene rings is 3. The molecule has 3 aromatic rings. The molecule has 0 aliphatic rings. The van der Waals surface area contributed by atoms with Crippen LogP contribution in [0, 0.1) is 0 Å². The van der Waals surface area contributed by atoms with Crippen molar-refractivity contribution in [1.82, 2.24) is 9.34 Å². The van der Waals surface area contributed by atoms with Gasteiger partial charge in [-0.2, -0.15) is 4.79 Å². The van der Waals surface area contributed by atoms with Gasteiger partial charge in [0.05, 0.1) is 0 Å². The summed E-state index contributed by atoms with van der Waals surface area (Å²) >= 11 is 7.03. The van der Waals surface area contributed by atoms with Crippen molar-refractivity contribution in [2.45, 2.75) is 79.6 Å². The Kier molecular flexibility index (Phi) is 10.2. The van der Waals surface area contributed by atoms with Gasteiger partial charge in [-0.3, -0.25) is 9.34 Å². The van der Waals surface area contributed by atoms with Crippen molar-refractivity contribution in [1.29, 1.82) is 0 Å². The topological polar surface area (TPSA) is 42.9 Å². The Morgan fingerprint density at radius 1 is 0.605 bits per heavy atom. The van der Waals surface area contributed by atoms with E-state index in [2.05, 4.69) is 142 Å². The van der Waals surface area contributed by atoms with Gasteiger partial charge in [-0.1, -0.05) is 103 Å². The van der Waals surface area contributed by atoms with E-state index in [1.165, 1.54) is 15.6 Å². The van der Waals surface area contributed by atoms with Crippen LogP contribution >= 0.6 is 6.34 Å². The lowest BCUT2D eigenvalue weighted by Crippen LogP contribution is -2.74. The van der Waals surface area contributed by atoms with Crippen LogP contribution in [0.3, 0.4) is 0 Å². The van der Waals surface area contributed by atoms with E-state index in [9.17, 15) is 5.53 Å². The normalized spacial score (nSPS) is 12.7. The third-order valence-corrected chi connectivity index (χ3v) is 19.3. The molecule has 0 aliphatic carbocycles. The Morgan fingerprint density at radius 3 is 1.08 bits per heavy atom. The maximum Gasteiger partial charge on any atom is 0.307 e. The van der Waals surface area contributed by atoms with E-state index >= 15 is 0 Å². The van der Waals surface area contributed by atoms with Crippen LogP contribution in [-0.2, 0) is 11.8 Å². The molecule has 3 aromatic carbocycles. The average molecular weight is 563 g/mol. The molecule has 7 heteroatoms. The summed E-state index contributed by atoms with van der Waals surface area (Å²) in [6.07, 6.45) is -2.83. The van der Waals surface area contributed by atoms with Gasteiger partial charge < -0.3 is 5.53 Å². The van der Waals surface area contributed by atoms with Gasteiger partial charge in [-0.15, -0.1) is 0 Å². The molecule has 3 rings (SSSR count). The molecule has 0 aliphatic heterocycles. The first-order chi connectivity index (χ1) is 18.0. The van der Waals surface area contributed by atoms with Crippen molar-refractivity contribution in [2.75, 3.05) is 0 Å². The molecule has 0 spiro atoms. The fourth-order valence-corrected chi connectivity index (χ4v) is 20.6. The second kappa shape index (κ2) is 12.8. The Balaban J connectivity index is 2.64. The maximum atomic E-state index is 11.3. The molecule has 0 fully saturated rings. The minimum Gasteiger partial charge on any atom is -0.362 e. The van der Waals surface area contributed by atoms with Gasteiger partial charge in [0, 0.05) is 24.2 Å². The quantitative estimate of drug-likeness (QED) is 0.0733. The van der Waals surface area contributed by atoms with E-state index in [1.807, 2.05) is 18.2 Å². The summed E-state index contributed by atoms with van der Waals surface area (Å²) in [5.41, 5.74) is 11.3. The average Bonchev–Trinajstić information content (AvgIpc) is 2.87. The first-order valence-corrected chi connectivity index (χ1v) is 18.3. The molecular formula is C31H43N4PSSi. The highest BCUT2D eigenvalue weighted by molar-refractivity contribution is 8.23. The molecule has 202 valence electrons. The number of nitrogens with zero attached hydrogens (tertiary/aromatic N) is 4. The molecule has 0 amide bonds. The van der Waals surface area contributed by atoms with Crippen LogP contribution in [0.4, 0.5) is 0 Å². The van der Waals surface area contributed by atoms with Crippen molar-refractivity contribution in [3.8, 4) is 0 Å². The minimum absolute atomic E-state index is 0.159. The molecule has 0 radical (unpaired) electrons. The van der Waals surface area contributed by atoms with E-state index in [0.717, 1.165) is 5.08 Å². The fourth-order valence-electron chi connectivity index (χ4n) is 6.09. The van der Waals surface area contributed by atoms with Gasteiger partial charge in [-0.05, 0) is 71.0 Å². The Morgan fingerprint density at radius 2 is 0.868 bits per heavy atom. The van der Waals surface area contributed by atoms with Crippen LogP contribution in [0.5, 0.6) is 0 Å². The molecule has 38 heavy (non-hydrogen) atoms. The van der Waals surface area contributed by atoms with Crippen LogP contribution in [0.1, 0.15) is 55.4 Å². The van der Waals surface area contributed by atoms with Crippen LogP contribution in [0.25, 0.3) is 5.53 Å². The third kappa shape index (κ3) is 5.44. The summed E-state index contributed by atoms with van der Waals surface area (Å²) in [4.78, 5) is 4.37. The molecule has 0 N–H and O–H groups in total. The lowest BCUT2D eigenvalue weighted by molar-refractivity contribution is 0.00215. The predicted molar refractivity (Wildman–Crippen MR) is 171 cm³/mol. The van der Waals surface area contributed by atoms with Gasteiger partial charge in [0.25, 0.3) is 8.07 Å². The van der Waals surface area contributed by atoms with Crippen LogP contribution in [0.15, 0.2) is 91.0 Å². The summed E-state index contributed by atoms with van der Waals surface area (Å²) in [6.45, 7) is 17.7. The van der Waals surface area contributed by atoms with Crippen molar-refractivity contribution < 1.29 is 4.79 Å². The van der Waals surface area contributed by atoms with Crippen LogP contribution in [0.2, 0.25) is 0 Å². The summed E-state index contributed by atoms with van der Waals surface area (Å²) in [7, 11) is -3.14. The molecule has 0 bridgehead atoms. The van der Waals surface area contributed by atoms with Crippen molar-refractivity contribution in [3.63, 3.8) is 0 Å². The number of hydrogen-bond acceptors (Lipinski definition) is 1. The Hall–Kier alpha value is -2.17. The second-order valence-corrected chi connectivity index (χ2v) is 19.0. The minimum atomic E-state index is -3.14. The summed E-state index contributed by atoms with van der Waals surface area (Å²) < 4.78 is 4.93. The van der Waals surface area contributed by atoms with Gasteiger partial charge >= 0.3 is 5.08 Å². The molecule has 0 heterocycles. The molecule has 0 unspecified atom stereocenters. The summed E-state index contributed by atoms with van der Waals surface area (Å²) in [5.74, 6) is 0. The molecule has 4 nitrogen and oxygen atoms in total. The summed E-state index contributed by atoms with van der Waals surface area (Å²) in [6, 6.07) is 32.5. The zero-order valence-electron chi connectivity index (χ0n) is 24.1. The molecule has 0 aromatic heterocycles. The third-order valence-electron chi connectivity index (χ3n) is 7.07. The standard InChI is InChI=1S/C31H43N4PSSi/c1-24(2)34(25(3)4)36(37,35(26(5)6)27(7)8)31(33-32)38(28-18-12-9-13-19-28,29-20-14-10-15-21-29)30-22-16-11-17-23-30/h9-27H,1-8H3. The monoisotopic (exact) mass is 562 g/mol. The summed E-state index contributed by atoms with van der Waals surface area (Å²) in [5, 5.41) is 4.26. The van der Waals surface area contributed by atoms with Gasteiger partial charge in [0.1, 0.15) is 0 Å². The predicted octanol–water partition coefficient (Wildman–Crippen LogP) is 5.87. The van der Waals surface area contributed by atoms with E-state index in [1.54, 1.807) is 0 Å². The van der Waals surface area contributed by atoms with Crippen molar-refractivity contribution in [3.05, 3.63) is 96.5 Å². The Bertz CT molecular complexity index is 1140. The molecule has 0 atom stereocenters. The Labute approximate surface area is 236 Å². The van der Waals surface area contributed by atoms with Gasteiger partial charge in [0.15, 0.2) is 6.34 Å². The van der Waals surface area contributed by atoms with Crippen LogP contribution in [-0.4, -0.2) is 51.4 Å². The first kappa shape index (κ1) is 30.4. The maximum absolute atomic E-state index is 11.3. The van der Waals surface area contributed by atoms with Gasteiger partial charge in [-0.25, -0.2) is 0 Å². The molecule has 0 saturated carbocycles. The molecule has 0 saturated heterocycles. The highest BCUT2D eigenvalue weighted by atomic mass is 32.4. The number of hydrogen-bond donors (Lipinski definition) is 0. The van der Waals surface area contributed by atoms with Crippen molar-refractivity contribution in [2.24, 2.45) is 0 Å². The van der Waals surface area contributed by atoms with E-state index < -0.39 is 14.4 Å². The number of rotatable bonds is 11.